The van der Waals surface area contributed by atoms with Gasteiger partial charge in [-0.25, -0.2) is 0 Å². The summed E-state index contributed by atoms with van der Waals surface area (Å²) in [6.45, 7) is 8.43. The first kappa shape index (κ1) is 18.6. The van der Waals surface area contributed by atoms with Crippen molar-refractivity contribution in [2.45, 2.75) is 33.8 Å². The molecule has 8 heteroatoms. The van der Waals surface area contributed by atoms with Crippen LogP contribution in [0.15, 0.2) is 0 Å². The van der Waals surface area contributed by atoms with Crippen LogP contribution in [0, 0.1) is 5.41 Å². The third kappa shape index (κ3) is 14.2. The van der Waals surface area contributed by atoms with Gasteiger partial charge in [-0.1, -0.05) is 20.8 Å². The normalized spacial score (nSPS) is 19.0. The molecule has 0 heterocycles. The Balaban J connectivity index is 0. The lowest BCUT2D eigenvalue weighted by Gasteiger charge is -2.27. The zero-order valence-electron chi connectivity index (χ0n) is 10.4. The van der Waals surface area contributed by atoms with Gasteiger partial charge in [-0.2, -0.15) is 8.39 Å². The summed E-state index contributed by atoms with van der Waals surface area (Å²) >= 11 is 0. The highest BCUT2D eigenvalue weighted by Gasteiger charge is 2.27. The third-order valence-electron chi connectivity index (χ3n) is 1.73. The number of halogens is 2. The van der Waals surface area contributed by atoms with E-state index in [-0.39, 0.29) is 11.5 Å². The van der Waals surface area contributed by atoms with Crippen molar-refractivity contribution in [3.05, 3.63) is 0 Å². The molecule has 3 unspecified atom stereocenters. The Kier molecular flexibility index (Phi) is 8.77. The van der Waals surface area contributed by atoms with Gasteiger partial charge in [-0.05, 0) is 12.3 Å². The molecular weight excluding hydrogens is 260 g/mol. The summed E-state index contributed by atoms with van der Waals surface area (Å²) in [5, 5.41) is 0. The van der Waals surface area contributed by atoms with Gasteiger partial charge in [0.15, 0.2) is 0 Å². The summed E-state index contributed by atoms with van der Waals surface area (Å²) in [7, 11) is -5.89. The molecule has 16 heavy (non-hydrogen) atoms. The van der Waals surface area contributed by atoms with Crippen LogP contribution < -0.4 is 0 Å². The average molecular weight is 280 g/mol. The molecule has 0 spiro atoms. The Bertz CT molecular complexity index is 259. The molecule has 0 aromatic carbocycles. The van der Waals surface area contributed by atoms with Crippen LogP contribution in [0.3, 0.4) is 0 Å². The van der Waals surface area contributed by atoms with Crippen LogP contribution in [0.5, 0.6) is 0 Å². The smallest absolute Gasteiger partial charge is 0.311 e. The van der Waals surface area contributed by atoms with E-state index in [0.717, 1.165) is 13.8 Å². The third-order valence-corrected chi connectivity index (χ3v) is 2.74. The van der Waals surface area contributed by atoms with Gasteiger partial charge in [-0.3, -0.25) is 9.13 Å². The van der Waals surface area contributed by atoms with Crippen LogP contribution in [0.4, 0.5) is 8.39 Å². The molecule has 0 aromatic heterocycles. The molecule has 0 bridgehead atoms. The lowest BCUT2D eigenvalue weighted by molar-refractivity contribution is 0.0989. The molecule has 0 N–H and O–H groups in total. The molecule has 100 valence electrons. The van der Waals surface area contributed by atoms with Gasteiger partial charge in [0.25, 0.3) is 0 Å². The quantitative estimate of drug-likeness (QED) is 0.726. The van der Waals surface area contributed by atoms with Crippen LogP contribution in [0.25, 0.3) is 0 Å². The first-order chi connectivity index (χ1) is 6.90. The molecule has 0 amide bonds. The fraction of sp³-hybridized carbons (Fsp3) is 1.00. The van der Waals surface area contributed by atoms with Crippen molar-refractivity contribution < 1.29 is 26.6 Å². The van der Waals surface area contributed by atoms with E-state index >= 15 is 0 Å². The summed E-state index contributed by atoms with van der Waals surface area (Å²) in [4.78, 5) is 0. The zero-order valence-corrected chi connectivity index (χ0v) is 12.3. The summed E-state index contributed by atoms with van der Waals surface area (Å²) in [5.41, 5.74) is -0.169. The Hall–Kier alpha value is 0.240. The zero-order chi connectivity index (χ0) is 13.6. The minimum absolute atomic E-state index is 0.169. The summed E-state index contributed by atoms with van der Waals surface area (Å²) in [6, 6.07) is 0. The van der Waals surface area contributed by atoms with E-state index in [0.29, 0.717) is 0 Å². The van der Waals surface area contributed by atoms with Crippen molar-refractivity contribution >= 4 is 16.0 Å². The highest BCUT2D eigenvalue weighted by molar-refractivity contribution is 7.52. The van der Waals surface area contributed by atoms with E-state index in [2.05, 4.69) is 4.52 Å². The minimum Gasteiger partial charge on any atom is -0.311 e. The molecule has 0 aliphatic carbocycles. The van der Waals surface area contributed by atoms with E-state index in [4.69, 9.17) is 9.09 Å². The Morgan fingerprint density at radius 3 is 1.75 bits per heavy atom. The largest absolute Gasteiger partial charge is 0.364 e. The first-order valence-electron chi connectivity index (χ1n) is 4.59. The van der Waals surface area contributed by atoms with Crippen LogP contribution in [0.2, 0.25) is 0 Å². The van der Waals surface area contributed by atoms with Gasteiger partial charge in [0.05, 0.1) is 6.10 Å². The molecule has 0 radical (unpaired) electrons. The second kappa shape index (κ2) is 7.54. The van der Waals surface area contributed by atoms with E-state index in [1.807, 2.05) is 20.8 Å². The van der Waals surface area contributed by atoms with Gasteiger partial charge in [0.1, 0.15) is 0 Å². The molecule has 0 aliphatic heterocycles. The van der Waals surface area contributed by atoms with Crippen LogP contribution in [0.1, 0.15) is 27.7 Å². The molecule has 0 rings (SSSR count). The highest BCUT2D eigenvalue weighted by atomic mass is 31.2. The van der Waals surface area contributed by atoms with Crippen LogP contribution in [-0.4, -0.2) is 19.9 Å². The minimum atomic E-state index is -3.82. The summed E-state index contributed by atoms with van der Waals surface area (Å²) in [5.74, 6) is 0. The highest BCUT2D eigenvalue weighted by Crippen LogP contribution is 2.47. The first-order valence-corrected chi connectivity index (χ1v) is 7.75. The van der Waals surface area contributed by atoms with Crippen molar-refractivity contribution in [3.63, 3.8) is 0 Å². The predicted molar refractivity (Wildman–Crippen MR) is 61.8 cm³/mol. The fourth-order valence-corrected chi connectivity index (χ4v) is 1.32. The Morgan fingerprint density at radius 1 is 1.38 bits per heavy atom. The maximum Gasteiger partial charge on any atom is 0.364 e. The van der Waals surface area contributed by atoms with Crippen LogP contribution in [-0.2, 0) is 18.2 Å². The van der Waals surface area contributed by atoms with Crippen molar-refractivity contribution in [3.8, 4) is 0 Å². The van der Waals surface area contributed by atoms with Crippen molar-refractivity contribution in [2.75, 3.05) is 13.8 Å². The summed E-state index contributed by atoms with van der Waals surface area (Å²) < 4.78 is 51.3. The van der Waals surface area contributed by atoms with Crippen molar-refractivity contribution in [2.24, 2.45) is 5.41 Å². The molecular formula is C8H20F2O4P2. The molecule has 0 aromatic rings. The SMILES string of the molecule is CC(OP(C)(=O)F)C(C)(C)C.CO[PH](=O)F. The number of rotatable bonds is 3. The molecule has 4 nitrogen and oxygen atoms in total. The maximum atomic E-state index is 12.5. The molecule has 0 fully saturated rings. The molecule has 0 saturated carbocycles. The fourth-order valence-electron chi connectivity index (χ4n) is 0.441. The van der Waals surface area contributed by atoms with Crippen molar-refractivity contribution in [1.82, 2.24) is 0 Å². The second-order valence-corrected chi connectivity index (χ2v) is 6.89. The van der Waals surface area contributed by atoms with E-state index in [1.54, 1.807) is 6.92 Å². The van der Waals surface area contributed by atoms with Gasteiger partial charge in [0, 0.05) is 13.8 Å². The molecule has 0 aliphatic rings. The average Bonchev–Trinajstić information content (AvgIpc) is 2.00. The maximum absolute atomic E-state index is 12.5. The number of hydrogen-bond acceptors (Lipinski definition) is 4. The molecule has 3 atom stereocenters. The second-order valence-electron chi connectivity index (χ2n) is 4.30. The predicted octanol–water partition coefficient (Wildman–Crippen LogP) is 4.22. The Labute approximate surface area is 96.3 Å². The van der Waals surface area contributed by atoms with Gasteiger partial charge >= 0.3 is 16.0 Å². The monoisotopic (exact) mass is 280 g/mol. The lowest BCUT2D eigenvalue weighted by atomic mass is 9.91. The molecule has 0 saturated heterocycles. The lowest BCUT2D eigenvalue weighted by Crippen LogP contribution is -2.24. The van der Waals surface area contributed by atoms with E-state index in [9.17, 15) is 13.0 Å². The standard InChI is InChI=1S/C7H16FO2P.CH4FO2P/c1-6(7(2,3)4)10-11(5,8)9;1-4-5(2)3/h6H,1-5H3;5H,1H3. The Morgan fingerprint density at radius 2 is 1.69 bits per heavy atom. The van der Waals surface area contributed by atoms with Gasteiger partial charge in [-0.15, -0.1) is 0 Å². The summed E-state index contributed by atoms with van der Waals surface area (Å²) in [6.07, 6.45) is -0.330. The van der Waals surface area contributed by atoms with Crippen molar-refractivity contribution in [1.29, 1.82) is 0 Å². The topological polar surface area (TPSA) is 52.6 Å². The van der Waals surface area contributed by atoms with E-state index < -0.39 is 16.0 Å². The van der Waals surface area contributed by atoms with Gasteiger partial charge in [0.2, 0.25) is 0 Å². The number of hydrogen-bond donors (Lipinski definition) is 0. The van der Waals surface area contributed by atoms with Gasteiger partial charge < -0.3 is 9.05 Å². The van der Waals surface area contributed by atoms with Crippen LogP contribution >= 0.6 is 16.0 Å². The van der Waals surface area contributed by atoms with E-state index in [1.165, 1.54) is 0 Å².